The molecule has 0 radical (unpaired) electrons. The van der Waals surface area contributed by atoms with Crippen LogP contribution in [0.3, 0.4) is 0 Å². The Labute approximate surface area is 82.3 Å². The molecule has 1 aromatic rings. The van der Waals surface area contributed by atoms with E-state index in [0.29, 0.717) is 5.56 Å². The second kappa shape index (κ2) is 4.41. The normalized spacial score (nSPS) is 10.4. The minimum Gasteiger partial charge on any atom is -0.507 e. The van der Waals surface area contributed by atoms with Gasteiger partial charge in [-0.25, -0.2) is 5.43 Å². The Balaban J connectivity index is 2.80. The van der Waals surface area contributed by atoms with Crippen molar-refractivity contribution in [3.05, 3.63) is 29.3 Å². The van der Waals surface area contributed by atoms with Crippen molar-refractivity contribution in [1.82, 2.24) is 5.43 Å². The number of phenolic OH excluding ortho intramolecular Hbond substituents is 1. The number of benzene rings is 1. The summed E-state index contributed by atoms with van der Waals surface area (Å²) in [5.41, 5.74) is 3.86. The van der Waals surface area contributed by atoms with Crippen LogP contribution in [0.1, 0.15) is 18.1 Å². The standard InChI is InChI=1S/C10H12N2O2/c1-7-3-4-10(14)9(5-7)6-11-12-8(2)13/h3-6,14H,1-2H3,(H,12,13). The van der Waals surface area contributed by atoms with E-state index < -0.39 is 0 Å². The molecule has 0 fully saturated rings. The number of amides is 1. The van der Waals surface area contributed by atoms with Crippen LogP contribution in [0.15, 0.2) is 23.3 Å². The van der Waals surface area contributed by atoms with E-state index in [-0.39, 0.29) is 11.7 Å². The largest absolute Gasteiger partial charge is 0.507 e. The molecular weight excluding hydrogens is 180 g/mol. The highest BCUT2D eigenvalue weighted by Gasteiger charge is 1.97. The quantitative estimate of drug-likeness (QED) is 0.545. The molecule has 74 valence electrons. The molecule has 0 bridgehead atoms. The van der Waals surface area contributed by atoms with Gasteiger partial charge in [0.25, 0.3) is 0 Å². The summed E-state index contributed by atoms with van der Waals surface area (Å²) in [6, 6.07) is 5.16. The lowest BCUT2D eigenvalue weighted by molar-refractivity contribution is -0.118. The fraction of sp³-hybridized carbons (Fsp3) is 0.200. The number of phenols is 1. The molecule has 0 heterocycles. The van der Waals surface area contributed by atoms with Crippen LogP contribution in [0.25, 0.3) is 0 Å². The topological polar surface area (TPSA) is 61.7 Å². The first-order valence-electron chi connectivity index (χ1n) is 4.19. The molecule has 1 amide bonds. The maximum absolute atomic E-state index is 10.5. The number of hydrogen-bond acceptors (Lipinski definition) is 3. The van der Waals surface area contributed by atoms with E-state index in [4.69, 9.17) is 0 Å². The number of hydrazone groups is 1. The third kappa shape index (κ3) is 2.90. The van der Waals surface area contributed by atoms with Gasteiger partial charge in [0.15, 0.2) is 0 Å². The van der Waals surface area contributed by atoms with E-state index in [2.05, 4.69) is 10.5 Å². The number of aromatic hydroxyl groups is 1. The maximum Gasteiger partial charge on any atom is 0.236 e. The van der Waals surface area contributed by atoms with Crippen molar-refractivity contribution < 1.29 is 9.90 Å². The van der Waals surface area contributed by atoms with Crippen LogP contribution in [0.2, 0.25) is 0 Å². The molecule has 0 saturated carbocycles. The molecule has 0 aliphatic carbocycles. The number of carbonyl (C=O) groups is 1. The highest BCUT2D eigenvalue weighted by Crippen LogP contribution is 2.15. The van der Waals surface area contributed by atoms with Gasteiger partial charge in [-0.2, -0.15) is 5.10 Å². The summed E-state index contributed by atoms with van der Waals surface area (Å²) in [7, 11) is 0. The average molecular weight is 192 g/mol. The molecule has 0 aromatic heterocycles. The maximum atomic E-state index is 10.5. The number of rotatable bonds is 2. The summed E-state index contributed by atoms with van der Waals surface area (Å²) in [5, 5.41) is 13.1. The van der Waals surface area contributed by atoms with E-state index in [1.54, 1.807) is 18.2 Å². The van der Waals surface area contributed by atoms with Gasteiger partial charge < -0.3 is 5.11 Å². The van der Waals surface area contributed by atoms with Gasteiger partial charge in [-0.15, -0.1) is 0 Å². The van der Waals surface area contributed by atoms with Crippen LogP contribution >= 0.6 is 0 Å². The lowest BCUT2D eigenvalue weighted by atomic mass is 10.1. The minimum atomic E-state index is -0.242. The summed E-state index contributed by atoms with van der Waals surface area (Å²) in [5.74, 6) is -0.0990. The average Bonchev–Trinajstić information content (AvgIpc) is 2.10. The molecular formula is C10H12N2O2. The molecule has 0 aliphatic rings. The summed E-state index contributed by atoms with van der Waals surface area (Å²) in [4.78, 5) is 10.5. The van der Waals surface area contributed by atoms with Gasteiger partial charge in [-0.05, 0) is 19.1 Å². The number of carbonyl (C=O) groups excluding carboxylic acids is 1. The highest BCUT2D eigenvalue weighted by molar-refractivity contribution is 5.84. The van der Waals surface area contributed by atoms with Crippen LogP contribution in [0.5, 0.6) is 5.75 Å². The van der Waals surface area contributed by atoms with Crippen molar-refractivity contribution in [3.8, 4) is 5.75 Å². The lowest BCUT2D eigenvalue weighted by Crippen LogP contribution is -2.12. The van der Waals surface area contributed by atoms with E-state index >= 15 is 0 Å². The Morgan fingerprint density at radius 2 is 2.29 bits per heavy atom. The Morgan fingerprint density at radius 3 is 2.93 bits per heavy atom. The number of hydrogen-bond donors (Lipinski definition) is 2. The zero-order valence-corrected chi connectivity index (χ0v) is 8.11. The Hall–Kier alpha value is -1.84. The Bertz CT molecular complexity index is 372. The first kappa shape index (κ1) is 10.2. The Kier molecular flexibility index (Phi) is 3.23. The number of nitrogens with one attached hydrogen (secondary N) is 1. The fourth-order valence-corrected chi connectivity index (χ4v) is 0.970. The van der Waals surface area contributed by atoms with Crippen molar-refractivity contribution in [1.29, 1.82) is 0 Å². The number of nitrogens with zero attached hydrogens (tertiary/aromatic N) is 1. The summed E-state index contributed by atoms with van der Waals surface area (Å²) >= 11 is 0. The molecule has 1 aromatic carbocycles. The molecule has 0 aliphatic heterocycles. The van der Waals surface area contributed by atoms with Crippen LogP contribution in [-0.2, 0) is 4.79 Å². The van der Waals surface area contributed by atoms with Gasteiger partial charge >= 0.3 is 0 Å². The van der Waals surface area contributed by atoms with Crippen LogP contribution < -0.4 is 5.43 Å². The van der Waals surface area contributed by atoms with Gasteiger partial charge in [0.1, 0.15) is 5.75 Å². The molecule has 0 unspecified atom stereocenters. The third-order valence-electron chi connectivity index (χ3n) is 1.61. The lowest BCUT2D eigenvalue weighted by Gasteiger charge is -1.99. The highest BCUT2D eigenvalue weighted by atomic mass is 16.3. The molecule has 0 atom stereocenters. The van der Waals surface area contributed by atoms with E-state index in [9.17, 15) is 9.90 Å². The third-order valence-corrected chi connectivity index (χ3v) is 1.61. The van der Waals surface area contributed by atoms with Crippen LogP contribution in [0.4, 0.5) is 0 Å². The first-order chi connectivity index (χ1) is 6.59. The van der Waals surface area contributed by atoms with Gasteiger partial charge in [0.05, 0.1) is 6.21 Å². The smallest absolute Gasteiger partial charge is 0.236 e. The van der Waals surface area contributed by atoms with Crippen LogP contribution in [-0.4, -0.2) is 17.2 Å². The SMILES string of the molecule is CC(=O)NN=Cc1cc(C)ccc1O. The van der Waals surface area contributed by atoms with Gasteiger partial charge in [-0.1, -0.05) is 11.6 Å². The Morgan fingerprint density at radius 1 is 1.57 bits per heavy atom. The number of aryl methyl sites for hydroxylation is 1. The van der Waals surface area contributed by atoms with Gasteiger partial charge in [0.2, 0.25) is 5.91 Å². The van der Waals surface area contributed by atoms with Crippen molar-refractivity contribution in [2.75, 3.05) is 0 Å². The van der Waals surface area contributed by atoms with Crippen molar-refractivity contribution in [2.24, 2.45) is 5.10 Å². The summed E-state index contributed by atoms with van der Waals surface area (Å²) in [6.07, 6.45) is 1.41. The van der Waals surface area contributed by atoms with Gasteiger partial charge in [-0.3, -0.25) is 4.79 Å². The van der Waals surface area contributed by atoms with E-state index in [1.165, 1.54) is 13.1 Å². The predicted octanol–water partition coefficient (Wildman–Crippen LogP) is 1.17. The molecule has 4 nitrogen and oxygen atoms in total. The van der Waals surface area contributed by atoms with Gasteiger partial charge in [0, 0.05) is 12.5 Å². The monoisotopic (exact) mass is 192 g/mol. The zero-order chi connectivity index (χ0) is 10.6. The van der Waals surface area contributed by atoms with E-state index in [1.807, 2.05) is 6.92 Å². The molecule has 2 N–H and O–H groups in total. The van der Waals surface area contributed by atoms with E-state index in [0.717, 1.165) is 5.56 Å². The molecule has 0 spiro atoms. The zero-order valence-electron chi connectivity index (χ0n) is 8.11. The van der Waals surface area contributed by atoms with Crippen molar-refractivity contribution in [2.45, 2.75) is 13.8 Å². The molecule has 0 saturated heterocycles. The second-order valence-electron chi connectivity index (χ2n) is 2.99. The van der Waals surface area contributed by atoms with Crippen molar-refractivity contribution >= 4 is 12.1 Å². The molecule has 1 rings (SSSR count). The fourth-order valence-electron chi connectivity index (χ4n) is 0.970. The summed E-state index contributed by atoms with van der Waals surface area (Å²) < 4.78 is 0. The second-order valence-corrected chi connectivity index (χ2v) is 2.99. The van der Waals surface area contributed by atoms with Crippen LogP contribution in [0, 0.1) is 6.92 Å². The predicted molar refractivity (Wildman–Crippen MR) is 54.3 cm³/mol. The molecule has 14 heavy (non-hydrogen) atoms. The first-order valence-corrected chi connectivity index (χ1v) is 4.19. The van der Waals surface area contributed by atoms with Crippen molar-refractivity contribution in [3.63, 3.8) is 0 Å². The molecule has 4 heteroatoms. The minimum absolute atomic E-state index is 0.143. The summed E-state index contributed by atoms with van der Waals surface area (Å²) in [6.45, 7) is 3.28.